The predicted octanol–water partition coefficient (Wildman–Crippen LogP) is 2.01. The number of anilines is 1. The number of hydrogen-bond acceptors (Lipinski definition) is 11. The Morgan fingerprint density at radius 1 is 0.980 bits per heavy atom. The number of carbonyl (C=O) groups excluding carboxylic acids is 6. The van der Waals surface area contributed by atoms with Crippen LogP contribution in [0.25, 0.3) is 0 Å². The number of amides is 6. The third-order valence-electron chi connectivity index (χ3n) is 6.76. The smallest absolute Gasteiger partial charge is 0.436 e. The molecule has 2 unspecified atom stereocenters. The second-order valence-corrected chi connectivity index (χ2v) is 10.9. The molecule has 0 aliphatic carbocycles. The van der Waals surface area contributed by atoms with Crippen molar-refractivity contribution in [2.75, 3.05) is 25.0 Å². The molecule has 0 aromatic heterocycles. The van der Waals surface area contributed by atoms with Gasteiger partial charge in [-0.1, -0.05) is 31.8 Å². The van der Waals surface area contributed by atoms with Gasteiger partial charge in [-0.15, -0.1) is 12.8 Å². The van der Waals surface area contributed by atoms with Crippen LogP contribution in [0, 0.1) is 40.7 Å². The first-order valence-electron chi connectivity index (χ1n) is 15.2. The molecule has 0 heterocycles. The largest absolute Gasteiger partial charge is 0.514 e. The number of hydrogen-bond donors (Lipinski definition) is 5. The summed E-state index contributed by atoms with van der Waals surface area (Å²) in [6, 6.07) is 6.67. The quantitative estimate of drug-likeness (QED) is 0.0396. The highest BCUT2D eigenvalue weighted by molar-refractivity contribution is 6.01. The highest BCUT2D eigenvalue weighted by Crippen LogP contribution is 2.22. The summed E-state index contributed by atoms with van der Waals surface area (Å²) in [5, 5.41) is 18.4. The van der Waals surface area contributed by atoms with Crippen LogP contribution in [0.5, 0.6) is 5.75 Å². The summed E-state index contributed by atoms with van der Waals surface area (Å²) in [7, 11) is 0. The average molecular weight is 708 g/mol. The van der Waals surface area contributed by atoms with Crippen molar-refractivity contribution in [1.82, 2.24) is 15.5 Å². The summed E-state index contributed by atoms with van der Waals surface area (Å²) in [5.74, 6) is 1.88. The molecule has 0 saturated heterocycles. The molecule has 2 aromatic rings. The number of benzene rings is 2. The number of primary amides is 2. The van der Waals surface area contributed by atoms with Crippen molar-refractivity contribution < 1.29 is 47.9 Å². The molecule has 0 fully saturated rings. The van der Waals surface area contributed by atoms with Gasteiger partial charge in [-0.3, -0.25) is 24.5 Å². The van der Waals surface area contributed by atoms with Gasteiger partial charge >= 0.3 is 18.3 Å². The van der Waals surface area contributed by atoms with Gasteiger partial charge in [0.15, 0.2) is 6.10 Å². The fraction of sp³-hybridized carbons (Fsp3) is 0.333. The molecule has 0 radical (unpaired) electrons. The first-order chi connectivity index (χ1) is 24.2. The molecule has 0 aliphatic rings. The highest BCUT2D eigenvalue weighted by atomic mass is 16.7. The van der Waals surface area contributed by atoms with Crippen LogP contribution in [-0.4, -0.2) is 77.6 Å². The zero-order valence-electron chi connectivity index (χ0n) is 27.7. The maximum Gasteiger partial charge on any atom is 0.514 e. The maximum atomic E-state index is 13.6. The van der Waals surface area contributed by atoms with Crippen LogP contribution in [-0.2, 0) is 25.7 Å². The minimum atomic E-state index is -1.32. The molecular formula is C33H37N7O11. The number of carbonyl (C=O) groups is 6. The van der Waals surface area contributed by atoms with Crippen LogP contribution in [0.1, 0.15) is 42.6 Å². The SMILES string of the molecule is C#CCN(CC#C)C(=O)c1cc(NC(=O)C(CCCNC(N)=O)NC(=O)C(OC(N)=O)C(C)C)ccc1COC(=O)Oc1ccc([N+](=O)[O-])cc1. The van der Waals surface area contributed by atoms with Gasteiger partial charge in [0, 0.05) is 35.5 Å². The molecule has 0 saturated carbocycles. The molecule has 18 heteroatoms. The minimum Gasteiger partial charge on any atom is -0.436 e. The zero-order valence-corrected chi connectivity index (χ0v) is 27.7. The van der Waals surface area contributed by atoms with Gasteiger partial charge in [-0.2, -0.15) is 0 Å². The number of non-ortho nitro benzene ring substituents is 1. The second-order valence-electron chi connectivity index (χ2n) is 10.9. The van der Waals surface area contributed by atoms with E-state index in [1.54, 1.807) is 13.8 Å². The van der Waals surface area contributed by atoms with Gasteiger partial charge in [0.05, 0.1) is 18.0 Å². The standard InChI is InChI=1S/C33H37N7O11/c1-5-16-39(17-6-2)30(43)25-18-22(10-9-21(25)19-49-33(46)50-24-13-11-23(12-14-24)40(47)48)37-28(41)26(8-7-15-36-31(34)44)38-29(42)27(20(3)4)51-32(35)45/h1-2,9-14,18,20,26-27H,7-8,15-17,19H2,3-4H3,(H2,35,45)(H,37,41)(H,38,42)(H3,34,36,44). The van der Waals surface area contributed by atoms with E-state index in [-0.39, 0.29) is 60.7 Å². The molecule has 0 aliphatic heterocycles. The fourth-order valence-electron chi connectivity index (χ4n) is 4.35. The highest BCUT2D eigenvalue weighted by Gasteiger charge is 2.30. The van der Waals surface area contributed by atoms with E-state index in [0.717, 1.165) is 17.0 Å². The third-order valence-corrected chi connectivity index (χ3v) is 6.76. The van der Waals surface area contributed by atoms with E-state index in [9.17, 15) is 38.9 Å². The van der Waals surface area contributed by atoms with Gasteiger partial charge in [0.2, 0.25) is 5.91 Å². The zero-order chi connectivity index (χ0) is 38.1. The van der Waals surface area contributed by atoms with E-state index >= 15 is 0 Å². The van der Waals surface area contributed by atoms with Crippen molar-refractivity contribution >= 4 is 47.4 Å². The molecule has 0 spiro atoms. The van der Waals surface area contributed by atoms with Crippen molar-refractivity contribution in [1.29, 1.82) is 0 Å². The Hall–Kier alpha value is -6.82. The molecule has 270 valence electrons. The topological polar surface area (TPSA) is 265 Å². The van der Waals surface area contributed by atoms with Crippen LogP contribution < -0.4 is 32.2 Å². The van der Waals surface area contributed by atoms with Crippen molar-refractivity contribution in [3.05, 3.63) is 63.7 Å². The number of nitrogens with zero attached hydrogens (tertiary/aromatic N) is 2. The Morgan fingerprint density at radius 3 is 2.18 bits per heavy atom. The summed E-state index contributed by atoms with van der Waals surface area (Å²) in [4.78, 5) is 86.4. The van der Waals surface area contributed by atoms with Crippen LogP contribution >= 0.6 is 0 Å². The first-order valence-corrected chi connectivity index (χ1v) is 15.2. The summed E-state index contributed by atoms with van der Waals surface area (Å²) in [5.41, 5.74) is 10.1. The van der Waals surface area contributed by atoms with E-state index in [2.05, 4.69) is 27.8 Å². The predicted molar refractivity (Wildman–Crippen MR) is 181 cm³/mol. The Kier molecular flexibility index (Phi) is 15.7. The Morgan fingerprint density at radius 2 is 1.63 bits per heavy atom. The Balaban J connectivity index is 2.36. The molecule has 0 bridgehead atoms. The number of urea groups is 1. The van der Waals surface area contributed by atoms with Crippen LogP contribution in [0.15, 0.2) is 42.5 Å². The Bertz CT molecular complexity index is 1680. The van der Waals surface area contributed by atoms with E-state index in [4.69, 9.17) is 38.5 Å². The van der Waals surface area contributed by atoms with Crippen molar-refractivity contribution in [2.24, 2.45) is 17.4 Å². The van der Waals surface area contributed by atoms with Gasteiger partial charge < -0.3 is 46.5 Å². The van der Waals surface area contributed by atoms with Crippen LogP contribution in [0.3, 0.4) is 0 Å². The molecule has 6 amide bonds. The number of rotatable bonds is 17. The molecule has 18 nitrogen and oxygen atoms in total. The number of nitro groups is 1. The van der Waals surface area contributed by atoms with Crippen molar-refractivity contribution in [3.63, 3.8) is 0 Å². The number of nitro benzene ring substituents is 1. The fourth-order valence-corrected chi connectivity index (χ4v) is 4.35. The molecule has 7 N–H and O–H groups in total. The van der Waals surface area contributed by atoms with E-state index in [0.29, 0.717) is 0 Å². The first kappa shape index (κ1) is 40.4. The monoisotopic (exact) mass is 707 g/mol. The molecule has 51 heavy (non-hydrogen) atoms. The molecule has 2 rings (SSSR count). The number of nitrogens with one attached hydrogen (secondary N) is 3. The van der Waals surface area contributed by atoms with Gasteiger partial charge in [0.1, 0.15) is 18.4 Å². The normalized spacial score (nSPS) is 11.4. The average Bonchev–Trinajstić information content (AvgIpc) is 3.07. The van der Waals surface area contributed by atoms with Crippen molar-refractivity contribution in [3.8, 4) is 30.4 Å². The van der Waals surface area contributed by atoms with Gasteiger partial charge in [-0.05, 0) is 43.0 Å². The lowest BCUT2D eigenvalue weighted by atomic mass is 10.0. The summed E-state index contributed by atoms with van der Waals surface area (Å²) >= 11 is 0. The Labute approximate surface area is 292 Å². The lowest BCUT2D eigenvalue weighted by molar-refractivity contribution is -0.384. The summed E-state index contributed by atoms with van der Waals surface area (Å²) < 4.78 is 15.1. The summed E-state index contributed by atoms with van der Waals surface area (Å²) in [6.07, 6.45) is 7.32. The molecule has 2 atom stereocenters. The van der Waals surface area contributed by atoms with E-state index in [1.165, 1.54) is 30.3 Å². The third kappa shape index (κ3) is 13.3. The van der Waals surface area contributed by atoms with Gasteiger partial charge in [-0.25, -0.2) is 14.4 Å². The van der Waals surface area contributed by atoms with Crippen LogP contribution in [0.4, 0.5) is 25.8 Å². The van der Waals surface area contributed by atoms with E-state index < -0.39 is 65.6 Å². The maximum absolute atomic E-state index is 13.6. The number of terminal acetylenes is 2. The molecule has 2 aromatic carbocycles. The summed E-state index contributed by atoms with van der Waals surface area (Å²) in [6.45, 7) is 2.41. The van der Waals surface area contributed by atoms with Crippen LogP contribution in [0.2, 0.25) is 0 Å². The van der Waals surface area contributed by atoms with Gasteiger partial charge in [0.25, 0.3) is 17.5 Å². The van der Waals surface area contributed by atoms with E-state index in [1.807, 2.05) is 0 Å². The second kappa shape index (κ2) is 19.9. The van der Waals surface area contributed by atoms with Crippen molar-refractivity contribution in [2.45, 2.75) is 45.4 Å². The number of ether oxygens (including phenoxy) is 3. The lowest BCUT2D eigenvalue weighted by Gasteiger charge is -2.24. The lowest BCUT2D eigenvalue weighted by Crippen LogP contribution is -2.50. The molecular weight excluding hydrogens is 670 g/mol. The minimum absolute atomic E-state index is 0.00800. The number of nitrogens with two attached hydrogens (primary N) is 2.